The van der Waals surface area contributed by atoms with Gasteiger partial charge in [-0.2, -0.15) is 0 Å². The van der Waals surface area contributed by atoms with Crippen LogP contribution in [0.25, 0.3) is 0 Å². The number of nitrogens with two attached hydrogens (primary N) is 1. The lowest BCUT2D eigenvalue weighted by Crippen LogP contribution is -2.21. The summed E-state index contributed by atoms with van der Waals surface area (Å²) in [6.07, 6.45) is 4.20. The molecule has 0 bridgehead atoms. The summed E-state index contributed by atoms with van der Waals surface area (Å²) in [6, 6.07) is 0. The number of allylic oxidation sites excluding steroid dienone is 1. The molecule has 1 aliphatic rings. The van der Waals surface area contributed by atoms with Crippen LogP contribution in [-0.4, -0.2) is 31.0 Å². The van der Waals surface area contributed by atoms with E-state index in [4.69, 9.17) is 15.5 Å². The average molecular weight is 298 g/mol. The van der Waals surface area contributed by atoms with Crippen molar-refractivity contribution in [3.05, 3.63) is 23.9 Å². The topological polar surface area (TPSA) is 131 Å². The summed E-state index contributed by atoms with van der Waals surface area (Å²) in [5, 5.41) is 0. The molecule has 2 heterocycles. The van der Waals surface area contributed by atoms with Gasteiger partial charge in [-0.3, -0.25) is 9.36 Å². The molecule has 108 valence electrons. The number of imidazole rings is 1. The number of fused-ring (bicyclic) bond motifs is 1. The van der Waals surface area contributed by atoms with Crippen molar-refractivity contribution in [2.24, 2.45) is 10.7 Å². The lowest BCUT2D eigenvalue weighted by molar-refractivity contribution is 0.0995. The van der Waals surface area contributed by atoms with Crippen molar-refractivity contribution in [2.75, 3.05) is 0 Å². The number of unbranched alkanes of at least 4 members (excludes halogenated alkanes) is 1. The molecular weight excluding hydrogens is 283 g/mol. The Balaban J connectivity index is 1.98. The average Bonchev–Trinajstić information content (AvgIpc) is 2.70. The van der Waals surface area contributed by atoms with Gasteiger partial charge in [-0.05, 0) is 12.8 Å². The number of hydrogen-bond acceptors (Lipinski definition) is 5. The Morgan fingerprint density at radius 3 is 2.95 bits per heavy atom. The van der Waals surface area contributed by atoms with E-state index in [2.05, 4.69) is 9.98 Å². The molecule has 9 heteroatoms. The fraction of sp³-hybridized carbons (Fsp3) is 0.364. The van der Waals surface area contributed by atoms with Gasteiger partial charge in [0.05, 0.1) is 12.7 Å². The molecule has 0 spiro atoms. The molecule has 1 aliphatic heterocycles. The second-order valence-electron chi connectivity index (χ2n) is 4.43. The number of aliphatic imine (C=N–C) groups is 1. The molecule has 8 nitrogen and oxygen atoms in total. The molecule has 20 heavy (non-hydrogen) atoms. The molecule has 0 saturated heterocycles. The normalized spacial score (nSPS) is 15.5. The van der Waals surface area contributed by atoms with Gasteiger partial charge in [-0.15, -0.1) is 0 Å². The van der Waals surface area contributed by atoms with E-state index in [0.29, 0.717) is 30.9 Å². The number of aryl methyl sites for hydroxylation is 1. The molecule has 1 aromatic rings. The van der Waals surface area contributed by atoms with Gasteiger partial charge in [-0.1, -0.05) is 6.08 Å². The first-order valence-corrected chi connectivity index (χ1v) is 7.69. The maximum absolute atomic E-state index is 11.7. The van der Waals surface area contributed by atoms with E-state index >= 15 is 0 Å². The maximum Gasteiger partial charge on any atom is 0.348 e. The zero-order chi connectivity index (χ0) is 14.8. The number of nitrogens with zero attached hydrogens (tertiary/aromatic N) is 3. The van der Waals surface area contributed by atoms with Gasteiger partial charge in [0.1, 0.15) is 5.84 Å². The standard InChI is InChI=1S/C11H15N4O4P/c12-9-6-8(16)10-11(14-9)15(7-13-10)4-2-1-3-5-20(17,18)19/h3,5,7H,1-2,4,6H2,(H2,12,14)(H2,17,18,19)/b5-3+. The van der Waals surface area contributed by atoms with Gasteiger partial charge in [0.2, 0.25) is 0 Å². The quantitative estimate of drug-likeness (QED) is 0.547. The summed E-state index contributed by atoms with van der Waals surface area (Å²) in [4.78, 5) is 37.1. The number of ketones is 1. The smallest absolute Gasteiger partial charge is 0.348 e. The highest BCUT2D eigenvalue weighted by atomic mass is 31.2. The van der Waals surface area contributed by atoms with E-state index in [-0.39, 0.29) is 18.0 Å². The second-order valence-corrected chi connectivity index (χ2v) is 5.91. The van der Waals surface area contributed by atoms with Gasteiger partial charge in [0.25, 0.3) is 0 Å². The molecule has 0 amide bonds. The largest absolute Gasteiger partial charge is 0.387 e. The number of aromatic nitrogens is 2. The highest BCUT2D eigenvalue weighted by Gasteiger charge is 2.23. The second kappa shape index (κ2) is 5.70. The Kier molecular flexibility index (Phi) is 4.17. The number of hydrogen-bond donors (Lipinski definition) is 3. The Morgan fingerprint density at radius 1 is 1.50 bits per heavy atom. The lowest BCUT2D eigenvalue weighted by atomic mass is 10.1. The minimum atomic E-state index is -4.08. The van der Waals surface area contributed by atoms with Crippen molar-refractivity contribution < 1.29 is 19.1 Å². The van der Waals surface area contributed by atoms with Gasteiger partial charge >= 0.3 is 7.60 Å². The Labute approximate surface area is 115 Å². The van der Waals surface area contributed by atoms with Crippen LogP contribution in [0, 0.1) is 0 Å². The highest BCUT2D eigenvalue weighted by molar-refractivity contribution is 7.55. The van der Waals surface area contributed by atoms with E-state index < -0.39 is 7.60 Å². The maximum atomic E-state index is 11.7. The van der Waals surface area contributed by atoms with E-state index in [1.807, 2.05) is 0 Å². The predicted octanol–water partition coefficient (Wildman–Crippen LogP) is 0.930. The van der Waals surface area contributed by atoms with E-state index in [1.165, 1.54) is 12.4 Å². The van der Waals surface area contributed by atoms with Crippen LogP contribution in [0.2, 0.25) is 0 Å². The third-order valence-corrected chi connectivity index (χ3v) is 3.33. The van der Waals surface area contributed by atoms with Crippen molar-refractivity contribution in [3.63, 3.8) is 0 Å². The third-order valence-electron chi connectivity index (χ3n) is 2.73. The summed E-state index contributed by atoms with van der Waals surface area (Å²) < 4.78 is 12.3. The van der Waals surface area contributed by atoms with Crippen molar-refractivity contribution in [1.29, 1.82) is 0 Å². The first-order chi connectivity index (χ1) is 9.37. The SMILES string of the molecule is NC1=Nc2c(ncn2CCC/C=C/P(=O)(O)O)C(=O)C1. The molecule has 0 fully saturated rings. The van der Waals surface area contributed by atoms with Crippen LogP contribution in [0.5, 0.6) is 0 Å². The van der Waals surface area contributed by atoms with Gasteiger partial charge < -0.3 is 20.1 Å². The number of rotatable bonds is 5. The van der Waals surface area contributed by atoms with Crippen molar-refractivity contribution in [3.8, 4) is 0 Å². The summed E-state index contributed by atoms with van der Waals surface area (Å²) in [6.45, 7) is 0.540. The van der Waals surface area contributed by atoms with Crippen molar-refractivity contribution in [2.45, 2.75) is 25.8 Å². The minimum absolute atomic E-state index is 0.0923. The van der Waals surface area contributed by atoms with Crippen LogP contribution in [0.4, 0.5) is 5.82 Å². The number of carbonyl (C=O) groups is 1. The molecule has 0 radical (unpaired) electrons. The fourth-order valence-corrected chi connectivity index (χ4v) is 2.29. The number of Topliss-reactive ketones (excluding diaryl/α,β-unsaturated/α-hetero) is 1. The predicted molar refractivity (Wildman–Crippen MR) is 72.9 cm³/mol. The van der Waals surface area contributed by atoms with Crippen LogP contribution < -0.4 is 5.73 Å². The molecule has 0 saturated carbocycles. The van der Waals surface area contributed by atoms with Crippen LogP contribution in [0.3, 0.4) is 0 Å². The highest BCUT2D eigenvalue weighted by Crippen LogP contribution is 2.36. The Bertz CT molecular complexity index is 628. The molecule has 0 aromatic carbocycles. The Morgan fingerprint density at radius 2 is 2.25 bits per heavy atom. The van der Waals surface area contributed by atoms with Gasteiger partial charge in [0, 0.05) is 12.4 Å². The molecule has 2 rings (SSSR count). The molecule has 1 aromatic heterocycles. The summed E-state index contributed by atoms with van der Waals surface area (Å²) >= 11 is 0. The van der Waals surface area contributed by atoms with Crippen LogP contribution >= 0.6 is 7.60 Å². The summed E-state index contributed by atoms with van der Waals surface area (Å²) in [5.41, 5.74) is 5.91. The molecule has 0 aliphatic carbocycles. The first kappa shape index (κ1) is 14.6. The zero-order valence-corrected chi connectivity index (χ0v) is 11.5. The lowest BCUT2D eigenvalue weighted by Gasteiger charge is -2.10. The monoisotopic (exact) mass is 298 g/mol. The molecule has 4 N–H and O–H groups in total. The molecule has 0 unspecified atom stereocenters. The van der Waals surface area contributed by atoms with Crippen molar-refractivity contribution >= 4 is 25.0 Å². The Hall–Kier alpha value is -1.76. The fourth-order valence-electron chi connectivity index (χ4n) is 1.87. The number of carbonyl (C=O) groups excluding carboxylic acids is 1. The number of amidine groups is 1. The third kappa shape index (κ3) is 3.63. The van der Waals surface area contributed by atoms with E-state index in [0.717, 1.165) is 5.82 Å². The van der Waals surface area contributed by atoms with E-state index in [1.54, 1.807) is 4.57 Å². The van der Waals surface area contributed by atoms with Crippen LogP contribution in [0.1, 0.15) is 29.8 Å². The van der Waals surface area contributed by atoms with Crippen molar-refractivity contribution in [1.82, 2.24) is 9.55 Å². The minimum Gasteiger partial charge on any atom is -0.387 e. The summed E-state index contributed by atoms with van der Waals surface area (Å²) in [5.74, 6) is 1.46. The first-order valence-electron chi connectivity index (χ1n) is 6.01. The van der Waals surface area contributed by atoms with Gasteiger partial charge in [0.15, 0.2) is 17.3 Å². The summed E-state index contributed by atoms with van der Waals surface area (Å²) in [7, 11) is -4.08. The van der Waals surface area contributed by atoms with E-state index in [9.17, 15) is 9.36 Å². The van der Waals surface area contributed by atoms with Crippen LogP contribution in [-0.2, 0) is 11.1 Å². The molecule has 0 atom stereocenters. The zero-order valence-electron chi connectivity index (χ0n) is 10.6. The molecular formula is C11H15N4O4P. The van der Waals surface area contributed by atoms with Gasteiger partial charge in [-0.25, -0.2) is 9.98 Å². The van der Waals surface area contributed by atoms with Crippen LogP contribution in [0.15, 0.2) is 23.2 Å².